The number of rotatable bonds is 4. The van der Waals surface area contributed by atoms with Gasteiger partial charge in [0, 0.05) is 12.0 Å². The Labute approximate surface area is 110 Å². The van der Waals surface area contributed by atoms with Gasteiger partial charge in [-0.25, -0.2) is 8.42 Å². The van der Waals surface area contributed by atoms with Crippen LogP contribution in [-0.4, -0.2) is 26.8 Å². The van der Waals surface area contributed by atoms with Crippen molar-refractivity contribution in [2.24, 2.45) is 0 Å². The monoisotopic (exact) mass is 267 g/mol. The Hall–Kier alpha value is -0.870. The van der Waals surface area contributed by atoms with Gasteiger partial charge in [-0.2, -0.15) is 0 Å². The second kappa shape index (κ2) is 5.41. The lowest BCUT2D eigenvalue weighted by molar-refractivity contribution is 0.409. The quantitative estimate of drug-likeness (QED) is 0.910. The van der Waals surface area contributed by atoms with Crippen LogP contribution < -0.4 is 5.32 Å². The van der Waals surface area contributed by atoms with Gasteiger partial charge in [-0.1, -0.05) is 32.0 Å². The molecule has 0 fully saturated rings. The lowest BCUT2D eigenvalue weighted by Crippen LogP contribution is -2.37. The SMILES string of the molecule is CCNC(CC)C1CCS(=O)(=O)c2ccccc21. The number of hydrogen-bond acceptors (Lipinski definition) is 3. The molecule has 3 nitrogen and oxygen atoms in total. The predicted octanol–water partition coefficient (Wildman–Crippen LogP) is 2.34. The molecule has 0 aliphatic carbocycles. The number of hydrogen-bond donors (Lipinski definition) is 1. The number of benzene rings is 1. The largest absolute Gasteiger partial charge is 0.314 e. The van der Waals surface area contributed by atoms with E-state index in [1.807, 2.05) is 18.2 Å². The molecule has 4 heteroatoms. The van der Waals surface area contributed by atoms with Crippen LogP contribution in [0, 0.1) is 0 Å². The van der Waals surface area contributed by atoms with Crippen LogP contribution in [0.3, 0.4) is 0 Å². The highest BCUT2D eigenvalue weighted by atomic mass is 32.2. The minimum atomic E-state index is -3.06. The number of fused-ring (bicyclic) bond motifs is 1. The molecule has 1 aromatic rings. The molecule has 0 saturated carbocycles. The van der Waals surface area contributed by atoms with Gasteiger partial charge in [0.2, 0.25) is 0 Å². The highest BCUT2D eigenvalue weighted by Crippen LogP contribution is 2.36. The van der Waals surface area contributed by atoms with Crippen molar-refractivity contribution < 1.29 is 8.42 Å². The maximum absolute atomic E-state index is 12.1. The van der Waals surface area contributed by atoms with Crippen molar-refractivity contribution in [2.45, 2.75) is 43.5 Å². The molecule has 0 aromatic heterocycles. The molecule has 0 saturated heterocycles. The molecule has 2 atom stereocenters. The van der Waals surface area contributed by atoms with Crippen LogP contribution in [0.2, 0.25) is 0 Å². The highest BCUT2D eigenvalue weighted by molar-refractivity contribution is 7.91. The van der Waals surface area contributed by atoms with Crippen LogP contribution in [0.15, 0.2) is 29.2 Å². The minimum Gasteiger partial charge on any atom is -0.314 e. The zero-order valence-corrected chi connectivity index (χ0v) is 11.8. The zero-order chi connectivity index (χ0) is 13.2. The van der Waals surface area contributed by atoms with Gasteiger partial charge in [0.1, 0.15) is 0 Å². The van der Waals surface area contributed by atoms with E-state index in [9.17, 15) is 8.42 Å². The van der Waals surface area contributed by atoms with Crippen molar-refractivity contribution in [1.29, 1.82) is 0 Å². The van der Waals surface area contributed by atoms with Gasteiger partial charge < -0.3 is 5.32 Å². The number of nitrogens with one attached hydrogen (secondary N) is 1. The van der Waals surface area contributed by atoms with Gasteiger partial charge in [-0.3, -0.25) is 0 Å². The fraction of sp³-hybridized carbons (Fsp3) is 0.571. The second-order valence-corrected chi connectivity index (χ2v) is 6.90. The Kier molecular flexibility index (Phi) is 4.07. The van der Waals surface area contributed by atoms with Crippen molar-refractivity contribution in [3.63, 3.8) is 0 Å². The van der Waals surface area contributed by atoms with Gasteiger partial charge >= 0.3 is 0 Å². The van der Waals surface area contributed by atoms with E-state index < -0.39 is 9.84 Å². The topological polar surface area (TPSA) is 46.2 Å². The first-order chi connectivity index (χ1) is 8.60. The Balaban J connectivity index is 2.42. The molecule has 1 heterocycles. The standard InChI is InChI=1S/C14H21NO2S/c1-3-13(15-4-2)11-9-10-18(16,17)14-8-6-5-7-12(11)14/h5-8,11,13,15H,3-4,9-10H2,1-2H3. The molecular weight excluding hydrogens is 246 g/mol. The summed E-state index contributed by atoms with van der Waals surface area (Å²) in [6, 6.07) is 7.83. The van der Waals surface area contributed by atoms with Gasteiger partial charge in [-0.15, -0.1) is 0 Å². The molecule has 1 aliphatic heterocycles. The van der Waals surface area contributed by atoms with Gasteiger partial charge in [0.15, 0.2) is 9.84 Å². The minimum absolute atomic E-state index is 0.274. The van der Waals surface area contributed by atoms with Crippen LogP contribution in [0.25, 0.3) is 0 Å². The van der Waals surface area contributed by atoms with E-state index in [4.69, 9.17) is 0 Å². The second-order valence-electron chi connectivity index (χ2n) is 4.82. The first kappa shape index (κ1) is 13.6. The van der Waals surface area contributed by atoms with E-state index >= 15 is 0 Å². The van der Waals surface area contributed by atoms with Crippen molar-refractivity contribution in [1.82, 2.24) is 5.32 Å². The Morgan fingerprint density at radius 1 is 1.33 bits per heavy atom. The predicted molar refractivity (Wildman–Crippen MR) is 73.6 cm³/mol. The van der Waals surface area contributed by atoms with Crippen molar-refractivity contribution in [3.8, 4) is 0 Å². The summed E-state index contributed by atoms with van der Waals surface area (Å²) in [5.74, 6) is 0.589. The third-order valence-corrected chi connectivity index (χ3v) is 5.56. The van der Waals surface area contributed by atoms with E-state index in [0.717, 1.165) is 24.9 Å². The summed E-state index contributed by atoms with van der Waals surface area (Å²) in [7, 11) is -3.06. The molecule has 100 valence electrons. The number of sulfone groups is 1. The third kappa shape index (κ3) is 2.45. The van der Waals surface area contributed by atoms with Crippen LogP contribution in [0.5, 0.6) is 0 Å². The average molecular weight is 267 g/mol. The molecule has 1 N–H and O–H groups in total. The Morgan fingerprint density at radius 3 is 2.72 bits per heavy atom. The first-order valence-electron chi connectivity index (χ1n) is 6.65. The normalized spacial score (nSPS) is 23.3. The van der Waals surface area contributed by atoms with Crippen LogP contribution in [0.4, 0.5) is 0 Å². The van der Waals surface area contributed by atoms with Gasteiger partial charge in [-0.05, 0) is 31.0 Å². The molecule has 0 amide bonds. The smallest absolute Gasteiger partial charge is 0.178 e. The van der Waals surface area contributed by atoms with E-state index in [0.29, 0.717) is 16.9 Å². The van der Waals surface area contributed by atoms with Crippen molar-refractivity contribution in [3.05, 3.63) is 29.8 Å². The van der Waals surface area contributed by atoms with Crippen LogP contribution in [0.1, 0.15) is 38.2 Å². The lowest BCUT2D eigenvalue weighted by Gasteiger charge is -2.32. The van der Waals surface area contributed by atoms with E-state index in [1.54, 1.807) is 6.07 Å². The fourth-order valence-corrected chi connectivity index (χ4v) is 4.52. The summed E-state index contributed by atoms with van der Waals surface area (Å²) in [5.41, 5.74) is 0.997. The van der Waals surface area contributed by atoms with Crippen LogP contribution in [-0.2, 0) is 9.84 Å². The molecule has 2 rings (SSSR count). The Bertz CT molecular complexity index is 510. The van der Waals surface area contributed by atoms with Gasteiger partial charge in [0.25, 0.3) is 0 Å². The maximum Gasteiger partial charge on any atom is 0.178 e. The van der Waals surface area contributed by atoms with E-state index in [1.165, 1.54) is 0 Å². The Morgan fingerprint density at radius 2 is 2.06 bits per heavy atom. The molecular formula is C14H21NO2S. The molecule has 0 radical (unpaired) electrons. The van der Waals surface area contributed by atoms with E-state index in [-0.39, 0.29) is 5.75 Å². The molecule has 1 aliphatic rings. The van der Waals surface area contributed by atoms with Crippen molar-refractivity contribution >= 4 is 9.84 Å². The van der Waals surface area contributed by atoms with Crippen LogP contribution >= 0.6 is 0 Å². The van der Waals surface area contributed by atoms with Crippen molar-refractivity contribution in [2.75, 3.05) is 12.3 Å². The highest BCUT2D eigenvalue weighted by Gasteiger charge is 2.33. The molecule has 1 aromatic carbocycles. The molecule has 0 bridgehead atoms. The molecule has 18 heavy (non-hydrogen) atoms. The maximum atomic E-state index is 12.1. The summed E-state index contributed by atoms with van der Waals surface area (Å²) in [5, 5.41) is 3.48. The van der Waals surface area contributed by atoms with Gasteiger partial charge in [0.05, 0.1) is 10.6 Å². The third-order valence-electron chi connectivity index (χ3n) is 3.74. The summed E-state index contributed by atoms with van der Waals surface area (Å²) in [4.78, 5) is 0.539. The average Bonchev–Trinajstić information content (AvgIpc) is 2.37. The summed E-state index contributed by atoms with van der Waals surface area (Å²) in [6.07, 6.45) is 1.75. The van der Waals surface area contributed by atoms with E-state index in [2.05, 4.69) is 19.2 Å². The summed E-state index contributed by atoms with van der Waals surface area (Å²) in [6.45, 7) is 5.16. The lowest BCUT2D eigenvalue weighted by atomic mass is 9.87. The fourth-order valence-electron chi connectivity index (χ4n) is 2.87. The number of likely N-dealkylation sites (N-methyl/N-ethyl adjacent to an activating group) is 1. The zero-order valence-electron chi connectivity index (χ0n) is 11.0. The summed E-state index contributed by atoms with van der Waals surface area (Å²) >= 11 is 0. The molecule has 2 unspecified atom stereocenters. The first-order valence-corrected chi connectivity index (χ1v) is 8.30. The molecule has 0 spiro atoms. The summed E-state index contributed by atoms with van der Waals surface area (Å²) < 4.78 is 24.1.